The van der Waals surface area contributed by atoms with Gasteiger partial charge in [0.1, 0.15) is 12.2 Å². The van der Waals surface area contributed by atoms with Crippen molar-refractivity contribution in [3.05, 3.63) is 12.2 Å². The highest BCUT2D eigenvalue weighted by Gasteiger charge is 2.43. The largest absolute Gasteiger partial charge is 0.389 e. The van der Waals surface area contributed by atoms with Crippen LogP contribution in [0.3, 0.4) is 0 Å². The van der Waals surface area contributed by atoms with E-state index in [4.69, 9.17) is 0 Å². The molecule has 1 aromatic heterocycles. The quantitative estimate of drug-likeness (QED) is 0.855. The van der Waals surface area contributed by atoms with E-state index in [2.05, 4.69) is 30.9 Å². The minimum atomic E-state index is -0.615. The molecule has 2 rings (SSSR count). The van der Waals surface area contributed by atoms with Crippen LogP contribution in [0.5, 0.6) is 0 Å². The van der Waals surface area contributed by atoms with Crippen molar-refractivity contribution >= 4 is 0 Å². The fourth-order valence-electron chi connectivity index (χ4n) is 2.94. The summed E-state index contributed by atoms with van der Waals surface area (Å²) in [6, 6.07) is 0. The molecule has 4 heteroatoms. The van der Waals surface area contributed by atoms with Crippen LogP contribution in [0.2, 0.25) is 0 Å². The number of aryl methyl sites for hydroxylation is 1. The van der Waals surface area contributed by atoms with Crippen molar-refractivity contribution in [2.24, 2.45) is 18.4 Å². The topological polar surface area (TPSA) is 50.9 Å². The Labute approximate surface area is 103 Å². The molecule has 1 aliphatic rings. The zero-order valence-corrected chi connectivity index (χ0v) is 11.3. The molecule has 4 nitrogen and oxygen atoms in total. The Morgan fingerprint density at radius 3 is 2.71 bits per heavy atom. The van der Waals surface area contributed by atoms with Crippen LogP contribution in [0.4, 0.5) is 0 Å². The van der Waals surface area contributed by atoms with Gasteiger partial charge in [0.05, 0.1) is 5.60 Å². The molecule has 96 valence electrons. The first-order valence-electron chi connectivity index (χ1n) is 6.38. The molecular weight excluding hydrogens is 214 g/mol. The Kier molecular flexibility index (Phi) is 3.02. The van der Waals surface area contributed by atoms with Crippen LogP contribution in [0.25, 0.3) is 0 Å². The Hall–Kier alpha value is -0.900. The third-order valence-electron chi connectivity index (χ3n) is 4.28. The molecule has 0 aliphatic heterocycles. The lowest BCUT2D eigenvalue weighted by Gasteiger charge is -2.45. The third-order valence-corrected chi connectivity index (χ3v) is 4.28. The summed E-state index contributed by atoms with van der Waals surface area (Å²) in [6.07, 6.45) is 5.16. The standard InChI is InChI=1S/C13H23N3O/c1-10-7-12(2,3)5-6-13(10,17)8-11-14-9-15-16(11)4/h9-10,17H,5-8H2,1-4H3. The van der Waals surface area contributed by atoms with E-state index >= 15 is 0 Å². The lowest BCUT2D eigenvalue weighted by Crippen LogP contribution is -2.46. The van der Waals surface area contributed by atoms with Gasteiger partial charge in [0.25, 0.3) is 0 Å². The fourth-order valence-corrected chi connectivity index (χ4v) is 2.94. The molecule has 1 N–H and O–H groups in total. The summed E-state index contributed by atoms with van der Waals surface area (Å²) in [7, 11) is 1.88. The van der Waals surface area contributed by atoms with E-state index in [1.54, 1.807) is 11.0 Å². The minimum absolute atomic E-state index is 0.308. The Morgan fingerprint density at radius 2 is 2.18 bits per heavy atom. The first kappa shape index (κ1) is 12.6. The second-order valence-corrected chi connectivity index (χ2v) is 6.35. The number of aliphatic hydroxyl groups is 1. The molecule has 0 bridgehead atoms. The number of hydrogen-bond acceptors (Lipinski definition) is 3. The van der Waals surface area contributed by atoms with E-state index < -0.39 is 5.60 Å². The summed E-state index contributed by atoms with van der Waals surface area (Å²) < 4.78 is 1.75. The number of hydrogen-bond donors (Lipinski definition) is 1. The predicted molar refractivity (Wildman–Crippen MR) is 66.5 cm³/mol. The number of aromatic nitrogens is 3. The highest BCUT2D eigenvalue weighted by Crippen LogP contribution is 2.44. The van der Waals surface area contributed by atoms with Gasteiger partial charge in [-0.15, -0.1) is 0 Å². The van der Waals surface area contributed by atoms with E-state index in [0.717, 1.165) is 25.1 Å². The van der Waals surface area contributed by atoms with Gasteiger partial charge in [-0.1, -0.05) is 20.8 Å². The molecule has 0 amide bonds. The Morgan fingerprint density at radius 1 is 1.47 bits per heavy atom. The first-order valence-corrected chi connectivity index (χ1v) is 6.38. The first-order chi connectivity index (χ1) is 7.82. The summed E-state index contributed by atoms with van der Waals surface area (Å²) in [5.74, 6) is 1.18. The summed E-state index contributed by atoms with van der Waals surface area (Å²) in [5, 5.41) is 14.8. The summed E-state index contributed by atoms with van der Waals surface area (Å²) in [4.78, 5) is 4.22. The minimum Gasteiger partial charge on any atom is -0.389 e. The van der Waals surface area contributed by atoms with Crippen LogP contribution in [0.1, 0.15) is 45.9 Å². The molecule has 2 atom stereocenters. The maximum atomic E-state index is 10.8. The van der Waals surface area contributed by atoms with Crippen molar-refractivity contribution < 1.29 is 5.11 Å². The normalized spacial score (nSPS) is 32.6. The van der Waals surface area contributed by atoms with E-state index in [1.165, 1.54) is 0 Å². The van der Waals surface area contributed by atoms with E-state index in [-0.39, 0.29) is 0 Å². The van der Waals surface area contributed by atoms with Crippen LogP contribution < -0.4 is 0 Å². The molecule has 1 fully saturated rings. The van der Waals surface area contributed by atoms with E-state index in [0.29, 0.717) is 17.8 Å². The Bertz CT molecular complexity index is 399. The zero-order chi connectivity index (χ0) is 12.7. The molecular formula is C13H23N3O. The lowest BCUT2D eigenvalue weighted by atomic mass is 9.64. The highest BCUT2D eigenvalue weighted by molar-refractivity contribution is 5.00. The van der Waals surface area contributed by atoms with Crippen molar-refractivity contribution in [3.63, 3.8) is 0 Å². The molecule has 2 unspecified atom stereocenters. The molecule has 0 saturated heterocycles. The second-order valence-electron chi connectivity index (χ2n) is 6.35. The van der Waals surface area contributed by atoms with Gasteiger partial charge < -0.3 is 5.11 Å². The van der Waals surface area contributed by atoms with Crippen LogP contribution in [0, 0.1) is 11.3 Å². The van der Waals surface area contributed by atoms with E-state index in [9.17, 15) is 5.11 Å². The average Bonchev–Trinajstić information content (AvgIpc) is 2.59. The summed E-state index contributed by atoms with van der Waals surface area (Å²) in [5.41, 5.74) is -0.262. The molecule has 1 heterocycles. The molecule has 0 spiro atoms. The molecule has 0 radical (unpaired) electrons. The van der Waals surface area contributed by atoms with Gasteiger partial charge in [-0.05, 0) is 30.6 Å². The van der Waals surface area contributed by atoms with Crippen molar-refractivity contribution in [1.82, 2.24) is 14.8 Å². The summed E-state index contributed by atoms with van der Waals surface area (Å²) in [6.45, 7) is 6.72. The maximum Gasteiger partial charge on any atom is 0.138 e. The fraction of sp³-hybridized carbons (Fsp3) is 0.846. The van der Waals surface area contributed by atoms with E-state index in [1.807, 2.05) is 7.05 Å². The maximum absolute atomic E-state index is 10.8. The van der Waals surface area contributed by atoms with Gasteiger partial charge in [-0.3, -0.25) is 4.68 Å². The van der Waals surface area contributed by atoms with Gasteiger partial charge in [-0.2, -0.15) is 5.10 Å². The SMILES string of the molecule is CC1CC(C)(C)CCC1(O)Cc1ncnn1C. The molecule has 1 aliphatic carbocycles. The molecule has 17 heavy (non-hydrogen) atoms. The van der Waals surface area contributed by atoms with Crippen LogP contribution in [0.15, 0.2) is 6.33 Å². The number of rotatable bonds is 2. The Balaban J connectivity index is 2.12. The van der Waals surface area contributed by atoms with Crippen LogP contribution in [-0.2, 0) is 13.5 Å². The smallest absolute Gasteiger partial charge is 0.138 e. The third kappa shape index (κ3) is 2.51. The predicted octanol–water partition coefficient (Wildman–Crippen LogP) is 1.93. The highest BCUT2D eigenvalue weighted by atomic mass is 16.3. The van der Waals surface area contributed by atoms with Crippen LogP contribution >= 0.6 is 0 Å². The van der Waals surface area contributed by atoms with Gasteiger partial charge >= 0.3 is 0 Å². The van der Waals surface area contributed by atoms with Gasteiger partial charge in [0, 0.05) is 13.5 Å². The van der Waals surface area contributed by atoms with Crippen molar-refractivity contribution in [2.75, 3.05) is 0 Å². The monoisotopic (exact) mass is 237 g/mol. The average molecular weight is 237 g/mol. The molecule has 1 saturated carbocycles. The van der Waals surface area contributed by atoms with Crippen molar-refractivity contribution in [3.8, 4) is 0 Å². The number of nitrogens with zero attached hydrogens (tertiary/aromatic N) is 3. The van der Waals surface area contributed by atoms with Crippen molar-refractivity contribution in [1.29, 1.82) is 0 Å². The summed E-state index contributed by atoms with van der Waals surface area (Å²) >= 11 is 0. The lowest BCUT2D eigenvalue weighted by molar-refractivity contribution is -0.0721. The zero-order valence-electron chi connectivity index (χ0n) is 11.3. The van der Waals surface area contributed by atoms with Crippen LogP contribution in [-0.4, -0.2) is 25.5 Å². The molecule has 0 aromatic carbocycles. The van der Waals surface area contributed by atoms with Crippen molar-refractivity contribution in [2.45, 2.75) is 52.1 Å². The molecule has 1 aromatic rings. The second kappa shape index (κ2) is 4.09. The van der Waals surface area contributed by atoms with Gasteiger partial charge in [-0.25, -0.2) is 4.98 Å². The van der Waals surface area contributed by atoms with Gasteiger partial charge in [0.2, 0.25) is 0 Å². The van der Waals surface area contributed by atoms with Gasteiger partial charge in [0.15, 0.2) is 0 Å².